The van der Waals surface area contributed by atoms with Gasteiger partial charge in [-0.25, -0.2) is 9.97 Å². The summed E-state index contributed by atoms with van der Waals surface area (Å²) >= 11 is 5.82. The maximum Gasteiger partial charge on any atom is 0.348 e. The van der Waals surface area contributed by atoms with E-state index < -0.39 is 4.92 Å². The molecule has 0 N–H and O–H groups in total. The highest BCUT2D eigenvalue weighted by Gasteiger charge is 2.29. The minimum atomic E-state index is -0.584. The van der Waals surface area contributed by atoms with Gasteiger partial charge >= 0.3 is 5.69 Å². The molecular formula is C15H14ClN5O3. The van der Waals surface area contributed by atoms with Crippen molar-refractivity contribution in [3.05, 3.63) is 57.5 Å². The van der Waals surface area contributed by atoms with Crippen molar-refractivity contribution < 1.29 is 9.72 Å². The fraction of sp³-hybridized carbons (Fsp3) is 0.267. The van der Waals surface area contributed by atoms with E-state index >= 15 is 0 Å². The van der Waals surface area contributed by atoms with Crippen molar-refractivity contribution in [2.75, 3.05) is 31.1 Å². The van der Waals surface area contributed by atoms with Gasteiger partial charge in [-0.05, 0) is 12.1 Å². The minimum Gasteiger partial charge on any atom is -0.347 e. The number of hydrogen-bond donors (Lipinski definition) is 0. The van der Waals surface area contributed by atoms with Gasteiger partial charge in [-0.2, -0.15) is 0 Å². The summed E-state index contributed by atoms with van der Waals surface area (Å²) in [7, 11) is 0. The number of piperazine rings is 1. The smallest absolute Gasteiger partial charge is 0.347 e. The fourth-order valence-electron chi connectivity index (χ4n) is 2.62. The number of halogens is 1. The summed E-state index contributed by atoms with van der Waals surface area (Å²) in [5, 5.41) is 11.0. The molecule has 0 spiro atoms. The number of carbonyl (C=O) groups excluding carboxylic acids is 1. The fourth-order valence-corrected chi connectivity index (χ4v) is 2.82. The summed E-state index contributed by atoms with van der Waals surface area (Å²) in [6, 6.07) is 9.02. The van der Waals surface area contributed by atoms with Gasteiger partial charge in [0.25, 0.3) is 5.91 Å². The minimum absolute atomic E-state index is 0.0505. The molecule has 1 aliphatic rings. The molecule has 0 aliphatic carbocycles. The maximum atomic E-state index is 12.4. The third-order valence-electron chi connectivity index (χ3n) is 3.83. The number of nitro groups is 1. The highest BCUT2D eigenvalue weighted by molar-refractivity contribution is 6.31. The summed E-state index contributed by atoms with van der Waals surface area (Å²) in [6.45, 7) is 1.78. The van der Waals surface area contributed by atoms with E-state index in [1.165, 1.54) is 6.33 Å². The average Bonchev–Trinajstić information content (AvgIpc) is 2.61. The Morgan fingerprint density at radius 2 is 1.79 bits per heavy atom. The molecule has 0 atom stereocenters. The van der Waals surface area contributed by atoms with Crippen molar-refractivity contribution in [3.8, 4) is 0 Å². The first-order valence-electron chi connectivity index (χ1n) is 7.32. The van der Waals surface area contributed by atoms with Gasteiger partial charge < -0.3 is 9.80 Å². The van der Waals surface area contributed by atoms with Crippen molar-refractivity contribution in [1.82, 2.24) is 14.9 Å². The molecule has 1 aromatic carbocycles. The zero-order valence-electron chi connectivity index (χ0n) is 12.6. The van der Waals surface area contributed by atoms with Crippen LogP contribution in [-0.4, -0.2) is 51.9 Å². The molecule has 0 saturated carbocycles. The Morgan fingerprint density at radius 1 is 1.12 bits per heavy atom. The molecule has 0 radical (unpaired) electrons. The standard InChI is InChI=1S/C15H14ClN5O3/c16-13-12(21(23)24)14(18-10-17-13)19-6-8-20(9-7-19)15(22)11-4-2-1-3-5-11/h1-5,10H,6-9H2. The SMILES string of the molecule is O=C(c1ccccc1)N1CCN(c2ncnc(Cl)c2[N+](=O)[O-])CC1. The van der Waals surface area contributed by atoms with Crippen LogP contribution in [0.15, 0.2) is 36.7 Å². The lowest BCUT2D eigenvalue weighted by Crippen LogP contribution is -2.49. The van der Waals surface area contributed by atoms with E-state index in [0.717, 1.165) is 0 Å². The molecule has 124 valence electrons. The quantitative estimate of drug-likeness (QED) is 0.479. The van der Waals surface area contributed by atoms with Crippen LogP contribution in [0, 0.1) is 10.1 Å². The summed E-state index contributed by atoms with van der Waals surface area (Å²) in [6.07, 6.45) is 1.20. The zero-order valence-corrected chi connectivity index (χ0v) is 13.4. The van der Waals surface area contributed by atoms with Crippen LogP contribution in [-0.2, 0) is 0 Å². The van der Waals surface area contributed by atoms with Gasteiger partial charge in [0.1, 0.15) is 6.33 Å². The summed E-state index contributed by atoms with van der Waals surface area (Å²) in [5.74, 6) is 0.136. The number of nitrogens with zero attached hydrogens (tertiary/aromatic N) is 5. The van der Waals surface area contributed by atoms with Crippen LogP contribution >= 0.6 is 11.6 Å². The Morgan fingerprint density at radius 3 is 2.42 bits per heavy atom. The zero-order chi connectivity index (χ0) is 17.1. The first kappa shape index (κ1) is 16.1. The number of amides is 1. The molecule has 1 amide bonds. The second kappa shape index (κ2) is 6.79. The molecule has 1 fully saturated rings. The Bertz CT molecular complexity index is 763. The summed E-state index contributed by atoms with van der Waals surface area (Å²) in [4.78, 5) is 34.2. The molecule has 9 heteroatoms. The number of hydrogen-bond acceptors (Lipinski definition) is 6. The molecule has 2 aromatic rings. The third-order valence-corrected chi connectivity index (χ3v) is 4.10. The lowest BCUT2D eigenvalue weighted by atomic mass is 10.2. The summed E-state index contributed by atoms with van der Waals surface area (Å²) in [5.41, 5.74) is 0.323. The normalized spacial score (nSPS) is 14.5. The largest absolute Gasteiger partial charge is 0.348 e. The predicted molar refractivity (Wildman–Crippen MR) is 88.3 cm³/mol. The first-order valence-corrected chi connectivity index (χ1v) is 7.70. The highest BCUT2D eigenvalue weighted by Crippen LogP contribution is 2.31. The van der Waals surface area contributed by atoms with E-state index in [1.54, 1.807) is 21.9 Å². The third kappa shape index (κ3) is 3.13. The number of anilines is 1. The monoisotopic (exact) mass is 347 g/mol. The molecule has 0 bridgehead atoms. The molecule has 1 aliphatic heterocycles. The van der Waals surface area contributed by atoms with Gasteiger partial charge in [0.05, 0.1) is 4.92 Å². The topological polar surface area (TPSA) is 92.5 Å². The molecule has 1 aromatic heterocycles. The molecule has 0 unspecified atom stereocenters. The van der Waals surface area contributed by atoms with Crippen molar-refractivity contribution in [2.24, 2.45) is 0 Å². The van der Waals surface area contributed by atoms with Crippen LogP contribution in [0.4, 0.5) is 11.5 Å². The average molecular weight is 348 g/mol. The van der Waals surface area contributed by atoms with Crippen molar-refractivity contribution in [3.63, 3.8) is 0 Å². The lowest BCUT2D eigenvalue weighted by Gasteiger charge is -2.35. The van der Waals surface area contributed by atoms with Crippen LogP contribution in [0.5, 0.6) is 0 Å². The van der Waals surface area contributed by atoms with Crippen LogP contribution < -0.4 is 4.90 Å². The molecule has 24 heavy (non-hydrogen) atoms. The molecular weight excluding hydrogens is 334 g/mol. The Hall–Kier alpha value is -2.74. The predicted octanol–water partition coefficient (Wildman–Crippen LogP) is 2.00. The Labute approximate surface area is 142 Å². The second-order valence-electron chi connectivity index (χ2n) is 5.24. The van der Waals surface area contributed by atoms with E-state index in [0.29, 0.717) is 31.7 Å². The van der Waals surface area contributed by atoms with Crippen molar-refractivity contribution in [2.45, 2.75) is 0 Å². The van der Waals surface area contributed by atoms with E-state index in [9.17, 15) is 14.9 Å². The van der Waals surface area contributed by atoms with Gasteiger partial charge in [0, 0.05) is 31.7 Å². The number of aromatic nitrogens is 2. The van der Waals surface area contributed by atoms with Gasteiger partial charge in [-0.1, -0.05) is 29.8 Å². The van der Waals surface area contributed by atoms with Gasteiger partial charge in [0.15, 0.2) is 0 Å². The number of benzene rings is 1. The maximum absolute atomic E-state index is 12.4. The van der Waals surface area contributed by atoms with E-state index in [4.69, 9.17) is 11.6 Å². The molecule has 8 nitrogen and oxygen atoms in total. The first-order chi connectivity index (χ1) is 11.6. The number of rotatable bonds is 3. The highest BCUT2D eigenvalue weighted by atomic mass is 35.5. The lowest BCUT2D eigenvalue weighted by molar-refractivity contribution is -0.384. The molecule has 1 saturated heterocycles. The van der Waals surface area contributed by atoms with Gasteiger partial charge in [0.2, 0.25) is 11.0 Å². The van der Waals surface area contributed by atoms with Crippen LogP contribution in [0.1, 0.15) is 10.4 Å². The van der Waals surface area contributed by atoms with Crippen molar-refractivity contribution in [1.29, 1.82) is 0 Å². The van der Waals surface area contributed by atoms with Gasteiger partial charge in [-0.15, -0.1) is 0 Å². The van der Waals surface area contributed by atoms with Crippen molar-refractivity contribution >= 4 is 29.0 Å². The Balaban J connectivity index is 1.73. The van der Waals surface area contributed by atoms with Crippen LogP contribution in [0.2, 0.25) is 5.15 Å². The summed E-state index contributed by atoms with van der Waals surface area (Å²) < 4.78 is 0. The van der Waals surface area contributed by atoms with E-state index in [-0.39, 0.29) is 22.6 Å². The van der Waals surface area contributed by atoms with Gasteiger partial charge in [-0.3, -0.25) is 14.9 Å². The number of carbonyl (C=O) groups is 1. The Kier molecular flexibility index (Phi) is 4.57. The van der Waals surface area contributed by atoms with E-state index in [1.807, 2.05) is 18.2 Å². The van der Waals surface area contributed by atoms with E-state index in [2.05, 4.69) is 9.97 Å². The molecule has 2 heterocycles. The molecule has 3 rings (SSSR count). The van der Waals surface area contributed by atoms with Crippen LogP contribution in [0.3, 0.4) is 0 Å². The second-order valence-corrected chi connectivity index (χ2v) is 5.60. The van der Waals surface area contributed by atoms with Crippen LogP contribution in [0.25, 0.3) is 0 Å².